The van der Waals surface area contributed by atoms with Gasteiger partial charge in [-0.25, -0.2) is 0 Å². The van der Waals surface area contributed by atoms with Crippen LogP contribution in [0.4, 0.5) is 5.69 Å². The van der Waals surface area contributed by atoms with E-state index in [0.29, 0.717) is 21.9 Å². The molecule has 0 aromatic heterocycles. The molecule has 1 aliphatic carbocycles. The van der Waals surface area contributed by atoms with Crippen molar-refractivity contribution in [3.63, 3.8) is 0 Å². The van der Waals surface area contributed by atoms with Gasteiger partial charge in [0.2, 0.25) is 5.91 Å². The molecule has 1 heterocycles. The second kappa shape index (κ2) is 5.17. The lowest BCUT2D eigenvalue weighted by atomic mass is 9.64. The summed E-state index contributed by atoms with van der Waals surface area (Å²) in [6.07, 6.45) is 3.38. The molecule has 0 saturated heterocycles. The van der Waals surface area contributed by atoms with Crippen molar-refractivity contribution in [1.82, 2.24) is 0 Å². The molecule has 114 valence electrons. The highest BCUT2D eigenvalue weighted by molar-refractivity contribution is 6.37. The monoisotopic (exact) mass is 325 g/mol. The zero-order valence-corrected chi connectivity index (χ0v) is 14.2. The lowest BCUT2D eigenvalue weighted by Gasteiger charge is -2.41. The van der Waals surface area contributed by atoms with Gasteiger partial charge in [0.1, 0.15) is 0 Å². The summed E-state index contributed by atoms with van der Waals surface area (Å²) in [7, 11) is 0. The number of anilines is 1. The van der Waals surface area contributed by atoms with Crippen LogP contribution in [-0.2, 0) is 4.79 Å². The molecule has 1 aromatic carbocycles. The molecule has 1 fully saturated rings. The summed E-state index contributed by atoms with van der Waals surface area (Å²) in [6.45, 7) is 6.88. The van der Waals surface area contributed by atoms with Gasteiger partial charge in [-0.05, 0) is 54.2 Å². The Morgan fingerprint density at radius 2 is 1.95 bits per heavy atom. The van der Waals surface area contributed by atoms with Gasteiger partial charge >= 0.3 is 0 Å². The molecule has 3 atom stereocenters. The Balaban J connectivity index is 1.99. The van der Waals surface area contributed by atoms with Gasteiger partial charge in [0.05, 0.1) is 16.6 Å². The van der Waals surface area contributed by atoms with E-state index in [2.05, 4.69) is 26.1 Å². The smallest absolute Gasteiger partial charge is 0.232 e. The van der Waals surface area contributed by atoms with Crippen molar-refractivity contribution in [2.24, 2.45) is 17.3 Å². The normalized spacial score (nSPS) is 30.9. The number of carbonyl (C=O) groups is 1. The standard InChI is InChI=1S/C17H21Cl2NO/c1-9-4-10(8-17(2,3)7-9)14-12-5-11(18)6-13(19)15(12)20-16(14)21/h5-6,9-10,14H,4,7-8H2,1-3H3,(H,20,21). The lowest BCUT2D eigenvalue weighted by Crippen LogP contribution is -2.33. The summed E-state index contributed by atoms with van der Waals surface area (Å²) in [5.41, 5.74) is 2.02. The van der Waals surface area contributed by atoms with E-state index in [1.54, 1.807) is 6.07 Å². The van der Waals surface area contributed by atoms with E-state index in [1.807, 2.05) is 6.07 Å². The SMILES string of the molecule is CC1CC(C2C(=O)Nc3c(Cl)cc(Cl)cc32)CC(C)(C)C1. The van der Waals surface area contributed by atoms with Crippen molar-refractivity contribution in [1.29, 1.82) is 0 Å². The minimum absolute atomic E-state index is 0.0732. The van der Waals surface area contributed by atoms with Gasteiger partial charge in [-0.15, -0.1) is 0 Å². The van der Waals surface area contributed by atoms with Gasteiger partial charge in [0.25, 0.3) is 0 Å². The van der Waals surface area contributed by atoms with Crippen LogP contribution in [0.1, 0.15) is 51.5 Å². The summed E-state index contributed by atoms with van der Waals surface area (Å²) in [5, 5.41) is 4.09. The molecule has 21 heavy (non-hydrogen) atoms. The molecule has 1 amide bonds. The maximum Gasteiger partial charge on any atom is 0.232 e. The van der Waals surface area contributed by atoms with Gasteiger partial charge < -0.3 is 5.32 Å². The fourth-order valence-corrected chi connectivity index (χ4v) is 5.01. The lowest BCUT2D eigenvalue weighted by molar-refractivity contribution is -0.118. The van der Waals surface area contributed by atoms with E-state index in [1.165, 1.54) is 6.42 Å². The molecule has 4 heteroatoms. The van der Waals surface area contributed by atoms with Gasteiger partial charge in [-0.1, -0.05) is 44.0 Å². The minimum atomic E-state index is -0.113. The van der Waals surface area contributed by atoms with Crippen molar-refractivity contribution in [2.45, 2.75) is 46.0 Å². The Kier molecular flexibility index (Phi) is 3.74. The predicted molar refractivity (Wildman–Crippen MR) is 88.1 cm³/mol. The van der Waals surface area contributed by atoms with Crippen LogP contribution in [-0.4, -0.2) is 5.91 Å². The van der Waals surface area contributed by atoms with Crippen LogP contribution in [0.15, 0.2) is 12.1 Å². The van der Waals surface area contributed by atoms with E-state index >= 15 is 0 Å². The first-order chi connectivity index (χ1) is 9.77. The largest absolute Gasteiger partial charge is 0.324 e. The summed E-state index contributed by atoms with van der Waals surface area (Å²) in [6, 6.07) is 3.59. The maximum atomic E-state index is 12.5. The summed E-state index contributed by atoms with van der Waals surface area (Å²) in [5.74, 6) is 0.965. The third-order valence-electron chi connectivity index (χ3n) is 4.84. The first-order valence-electron chi connectivity index (χ1n) is 7.56. The summed E-state index contributed by atoms with van der Waals surface area (Å²) < 4.78 is 0. The second-order valence-corrected chi connectivity index (χ2v) is 8.34. The number of nitrogens with one attached hydrogen (secondary N) is 1. The van der Waals surface area contributed by atoms with Crippen molar-refractivity contribution < 1.29 is 4.79 Å². The first-order valence-corrected chi connectivity index (χ1v) is 8.32. The number of rotatable bonds is 1. The zero-order chi connectivity index (χ0) is 15.4. The predicted octanol–water partition coefficient (Wildman–Crippen LogP) is 5.49. The van der Waals surface area contributed by atoms with Crippen LogP contribution >= 0.6 is 23.2 Å². The number of fused-ring (bicyclic) bond motifs is 1. The number of hydrogen-bond acceptors (Lipinski definition) is 1. The molecule has 1 aromatic rings. The maximum absolute atomic E-state index is 12.5. The molecule has 0 radical (unpaired) electrons. The number of hydrogen-bond donors (Lipinski definition) is 1. The average Bonchev–Trinajstić information content (AvgIpc) is 2.63. The molecular weight excluding hydrogens is 305 g/mol. The molecule has 2 aliphatic rings. The van der Waals surface area contributed by atoms with Crippen molar-refractivity contribution in [2.75, 3.05) is 5.32 Å². The molecule has 1 N–H and O–H groups in total. The number of benzene rings is 1. The molecule has 0 bridgehead atoms. The van der Waals surface area contributed by atoms with Gasteiger partial charge in [-0.2, -0.15) is 0 Å². The zero-order valence-electron chi connectivity index (χ0n) is 12.7. The van der Waals surface area contributed by atoms with Crippen molar-refractivity contribution in [3.8, 4) is 0 Å². The molecule has 1 saturated carbocycles. The van der Waals surface area contributed by atoms with E-state index in [9.17, 15) is 4.79 Å². The fraction of sp³-hybridized carbons (Fsp3) is 0.588. The number of halogens is 2. The second-order valence-electron chi connectivity index (χ2n) is 7.49. The third-order valence-corrected chi connectivity index (χ3v) is 5.36. The van der Waals surface area contributed by atoms with Crippen LogP contribution < -0.4 is 5.32 Å². The van der Waals surface area contributed by atoms with Crippen LogP contribution in [0.5, 0.6) is 0 Å². The van der Waals surface area contributed by atoms with Crippen molar-refractivity contribution >= 4 is 34.8 Å². The Bertz CT molecular complexity index is 597. The molecule has 3 rings (SSSR count). The molecule has 1 aliphatic heterocycles. The van der Waals surface area contributed by atoms with Gasteiger partial charge in [0.15, 0.2) is 0 Å². The average molecular weight is 326 g/mol. The Hall–Kier alpha value is -0.730. The van der Waals surface area contributed by atoms with Crippen LogP contribution in [0.2, 0.25) is 10.0 Å². The van der Waals surface area contributed by atoms with E-state index in [4.69, 9.17) is 23.2 Å². The van der Waals surface area contributed by atoms with E-state index < -0.39 is 0 Å². The highest BCUT2D eigenvalue weighted by atomic mass is 35.5. The number of amides is 1. The Morgan fingerprint density at radius 1 is 1.24 bits per heavy atom. The van der Waals surface area contributed by atoms with Crippen LogP contribution in [0.3, 0.4) is 0 Å². The fourth-order valence-electron chi connectivity index (χ4n) is 4.45. The minimum Gasteiger partial charge on any atom is -0.324 e. The van der Waals surface area contributed by atoms with E-state index in [0.717, 1.165) is 24.1 Å². The third kappa shape index (κ3) is 2.80. The summed E-state index contributed by atoms with van der Waals surface area (Å²) in [4.78, 5) is 12.5. The topological polar surface area (TPSA) is 29.1 Å². The van der Waals surface area contributed by atoms with Gasteiger partial charge in [0, 0.05) is 5.02 Å². The highest BCUT2D eigenvalue weighted by Gasteiger charge is 2.43. The first kappa shape index (κ1) is 15.2. The molecule has 2 nitrogen and oxygen atoms in total. The highest BCUT2D eigenvalue weighted by Crippen LogP contribution is 2.51. The van der Waals surface area contributed by atoms with Crippen molar-refractivity contribution in [3.05, 3.63) is 27.7 Å². The molecular formula is C17H21Cl2NO. The summed E-state index contributed by atoms with van der Waals surface area (Å²) >= 11 is 12.4. The van der Waals surface area contributed by atoms with Crippen LogP contribution in [0, 0.1) is 17.3 Å². The Morgan fingerprint density at radius 3 is 2.62 bits per heavy atom. The molecule has 3 unspecified atom stereocenters. The van der Waals surface area contributed by atoms with Crippen LogP contribution in [0.25, 0.3) is 0 Å². The van der Waals surface area contributed by atoms with Gasteiger partial charge in [-0.3, -0.25) is 4.79 Å². The number of carbonyl (C=O) groups excluding carboxylic acids is 1. The Labute approximate surface area is 136 Å². The molecule has 0 spiro atoms. The quantitative estimate of drug-likeness (QED) is 0.726. The van der Waals surface area contributed by atoms with E-state index in [-0.39, 0.29) is 17.2 Å².